The molecule has 1 unspecified atom stereocenters. The lowest BCUT2D eigenvalue weighted by molar-refractivity contribution is 0.0475. The fraction of sp³-hybridized carbons (Fsp3) is 0.250. The molecule has 34 heavy (non-hydrogen) atoms. The van der Waals surface area contributed by atoms with Crippen LogP contribution in [0.4, 0.5) is 0 Å². The minimum atomic E-state index is -0.359. The van der Waals surface area contributed by atoms with Gasteiger partial charge in [-0.2, -0.15) is 0 Å². The average molecular weight is 455 g/mol. The number of ether oxygens (including phenoxy) is 1. The number of carbonyl (C=O) groups excluding carboxylic acids is 3. The van der Waals surface area contributed by atoms with Crippen molar-refractivity contribution >= 4 is 17.7 Å². The number of nitrogens with zero attached hydrogens (tertiary/aromatic N) is 2. The summed E-state index contributed by atoms with van der Waals surface area (Å²) in [5.74, 6) is -0.865. The summed E-state index contributed by atoms with van der Waals surface area (Å²) in [6.45, 7) is 1.78. The topological polar surface area (TPSA) is 66.9 Å². The SMILES string of the molecule is O=C(c1ccc2c(c1)C(=O)N(CC1CCCO1)C2=O)N(Cc1ccccc1)Cc1ccccc1. The van der Waals surface area contributed by atoms with Gasteiger partial charge in [0.25, 0.3) is 17.7 Å². The maximum Gasteiger partial charge on any atom is 0.261 e. The first-order valence-corrected chi connectivity index (χ1v) is 11.6. The molecule has 0 N–H and O–H groups in total. The van der Waals surface area contributed by atoms with Crippen molar-refractivity contribution in [1.82, 2.24) is 9.80 Å². The van der Waals surface area contributed by atoms with E-state index in [1.807, 2.05) is 60.7 Å². The van der Waals surface area contributed by atoms with Gasteiger partial charge in [-0.25, -0.2) is 0 Å². The van der Waals surface area contributed by atoms with E-state index < -0.39 is 0 Å². The van der Waals surface area contributed by atoms with Crippen LogP contribution < -0.4 is 0 Å². The molecule has 1 saturated heterocycles. The van der Waals surface area contributed by atoms with E-state index in [0.717, 1.165) is 24.0 Å². The van der Waals surface area contributed by atoms with E-state index in [1.165, 1.54) is 4.90 Å². The van der Waals surface area contributed by atoms with Crippen molar-refractivity contribution < 1.29 is 19.1 Å². The van der Waals surface area contributed by atoms with E-state index >= 15 is 0 Å². The second-order valence-electron chi connectivity index (χ2n) is 8.75. The molecule has 172 valence electrons. The average Bonchev–Trinajstić information content (AvgIpc) is 3.47. The van der Waals surface area contributed by atoms with Gasteiger partial charge in [0, 0.05) is 25.3 Å². The third-order valence-electron chi connectivity index (χ3n) is 6.35. The lowest BCUT2D eigenvalue weighted by atomic mass is 10.0. The molecule has 5 rings (SSSR count). The van der Waals surface area contributed by atoms with Crippen molar-refractivity contribution in [3.63, 3.8) is 0 Å². The Morgan fingerprint density at radius 2 is 1.47 bits per heavy atom. The van der Waals surface area contributed by atoms with E-state index in [2.05, 4.69) is 0 Å². The normalized spacial score (nSPS) is 17.2. The van der Waals surface area contributed by atoms with Gasteiger partial charge in [-0.15, -0.1) is 0 Å². The standard InChI is InChI=1S/C28H26N2O4/c31-26(29(17-20-8-3-1-4-9-20)18-21-10-5-2-6-11-21)22-13-14-24-25(16-22)28(33)30(27(24)32)19-23-12-7-15-34-23/h1-6,8-11,13-14,16,23H,7,12,15,17-19H2. The molecule has 1 atom stereocenters. The predicted octanol–water partition coefficient (Wildman–Crippen LogP) is 4.30. The lowest BCUT2D eigenvalue weighted by Gasteiger charge is -2.23. The molecule has 0 radical (unpaired) electrons. The van der Waals surface area contributed by atoms with E-state index in [9.17, 15) is 14.4 Å². The van der Waals surface area contributed by atoms with E-state index in [0.29, 0.717) is 30.8 Å². The Kier molecular flexibility index (Phi) is 6.23. The van der Waals surface area contributed by atoms with Gasteiger partial charge in [0.05, 0.1) is 23.8 Å². The van der Waals surface area contributed by atoms with Crippen LogP contribution in [0, 0.1) is 0 Å². The predicted molar refractivity (Wildman–Crippen MR) is 127 cm³/mol. The van der Waals surface area contributed by atoms with Crippen LogP contribution in [-0.2, 0) is 17.8 Å². The second-order valence-corrected chi connectivity index (χ2v) is 8.75. The highest BCUT2D eigenvalue weighted by Gasteiger charge is 2.38. The highest BCUT2D eigenvalue weighted by molar-refractivity contribution is 6.22. The molecule has 0 saturated carbocycles. The highest BCUT2D eigenvalue weighted by atomic mass is 16.5. The Labute approximate surface area is 198 Å². The quantitative estimate of drug-likeness (QED) is 0.499. The maximum atomic E-state index is 13.6. The third-order valence-corrected chi connectivity index (χ3v) is 6.35. The van der Waals surface area contributed by atoms with Crippen LogP contribution in [0.1, 0.15) is 55.0 Å². The highest BCUT2D eigenvalue weighted by Crippen LogP contribution is 2.27. The fourth-order valence-electron chi connectivity index (χ4n) is 4.57. The van der Waals surface area contributed by atoms with Crippen molar-refractivity contribution in [1.29, 1.82) is 0 Å². The van der Waals surface area contributed by atoms with Gasteiger partial charge in [0.1, 0.15) is 0 Å². The number of hydrogen-bond acceptors (Lipinski definition) is 4. The number of hydrogen-bond donors (Lipinski definition) is 0. The molecule has 0 bridgehead atoms. The number of carbonyl (C=O) groups is 3. The minimum absolute atomic E-state index is 0.115. The van der Waals surface area contributed by atoms with Crippen LogP contribution in [0.3, 0.4) is 0 Å². The van der Waals surface area contributed by atoms with Crippen molar-refractivity contribution in [3.8, 4) is 0 Å². The van der Waals surface area contributed by atoms with Gasteiger partial charge in [-0.05, 0) is 42.2 Å². The summed E-state index contributed by atoms with van der Waals surface area (Å²) in [6.07, 6.45) is 1.66. The van der Waals surface area contributed by atoms with Crippen LogP contribution in [0.25, 0.3) is 0 Å². The van der Waals surface area contributed by atoms with Crippen molar-refractivity contribution in [2.75, 3.05) is 13.2 Å². The summed E-state index contributed by atoms with van der Waals surface area (Å²) in [4.78, 5) is 42.5. The molecular formula is C28H26N2O4. The summed E-state index contributed by atoms with van der Waals surface area (Å²) in [5, 5.41) is 0. The van der Waals surface area contributed by atoms with Crippen LogP contribution in [0.2, 0.25) is 0 Å². The molecule has 3 aromatic rings. The summed E-state index contributed by atoms with van der Waals surface area (Å²) in [5.41, 5.74) is 3.06. The largest absolute Gasteiger partial charge is 0.376 e. The number of rotatable bonds is 7. The van der Waals surface area contributed by atoms with Gasteiger partial charge < -0.3 is 9.64 Å². The second kappa shape index (κ2) is 9.61. The van der Waals surface area contributed by atoms with Gasteiger partial charge >= 0.3 is 0 Å². The molecule has 6 heteroatoms. The molecular weight excluding hydrogens is 428 g/mol. The van der Waals surface area contributed by atoms with E-state index in [4.69, 9.17) is 4.74 Å². The zero-order chi connectivity index (χ0) is 23.5. The first-order valence-electron chi connectivity index (χ1n) is 11.6. The summed E-state index contributed by atoms with van der Waals surface area (Å²) >= 11 is 0. The Hall–Kier alpha value is -3.77. The molecule has 0 aliphatic carbocycles. The van der Waals surface area contributed by atoms with Crippen molar-refractivity contribution in [2.24, 2.45) is 0 Å². The molecule has 2 aliphatic heterocycles. The molecule has 3 amide bonds. The smallest absolute Gasteiger partial charge is 0.261 e. The van der Waals surface area contributed by atoms with Gasteiger partial charge in [-0.1, -0.05) is 60.7 Å². The molecule has 2 heterocycles. The molecule has 2 aliphatic rings. The van der Waals surface area contributed by atoms with Crippen LogP contribution in [0.5, 0.6) is 0 Å². The van der Waals surface area contributed by atoms with Crippen LogP contribution >= 0.6 is 0 Å². The van der Waals surface area contributed by atoms with Crippen LogP contribution in [-0.4, -0.2) is 46.8 Å². The number of benzene rings is 3. The van der Waals surface area contributed by atoms with E-state index in [1.54, 1.807) is 23.1 Å². The summed E-state index contributed by atoms with van der Waals surface area (Å²) < 4.78 is 5.61. The number of amides is 3. The fourth-order valence-corrected chi connectivity index (χ4v) is 4.57. The molecule has 0 aromatic heterocycles. The molecule has 1 fully saturated rings. The van der Waals surface area contributed by atoms with Crippen molar-refractivity contribution in [2.45, 2.75) is 32.0 Å². The molecule has 3 aromatic carbocycles. The Morgan fingerprint density at radius 1 is 0.853 bits per heavy atom. The third kappa shape index (κ3) is 4.50. The number of imide groups is 1. The maximum absolute atomic E-state index is 13.6. The van der Waals surface area contributed by atoms with Gasteiger partial charge in [-0.3, -0.25) is 19.3 Å². The molecule has 0 spiro atoms. The summed E-state index contributed by atoms with van der Waals surface area (Å²) in [7, 11) is 0. The lowest BCUT2D eigenvalue weighted by Crippen LogP contribution is -2.36. The monoisotopic (exact) mass is 454 g/mol. The first kappa shape index (κ1) is 22.0. The van der Waals surface area contributed by atoms with Crippen LogP contribution in [0.15, 0.2) is 78.9 Å². The van der Waals surface area contributed by atoms with Gasteiger partial charge in [0.2, 0.25) is 0 Å². The summed E-state index contributed by atoms with van der Waals surface area (Å²) in [6, 6.07) is 24.4. The van der Waals surface area contributed by atoms with Gasteiger partial charge in [0.15, 0.2) is 0 Å². The van der Waals surface area contributed by atoms with Crippen molar-refractivity contribution in [3.05, 3.63) is 107 Å². The zero-order valence-electron chi connectivity index (χ0n) is 18.9. The Bertz CT molecular complexity index is 1160. The first-order chi connectivity index (χ1) is 16.6. The van der Waals surface area contributed by atoms with E-state index in [-0.39, 0.29) is 35.9 Å². The number of fused-ring (bicyclic) bond motifs is 1. The minimum Gasteiger partial charge on any atom is -0.376 e. The molecule has 6 nitrogen and oxygen atoms in total. The Balaban J connectivity index is 1.40. The Morgan fingerprint density at radius 3 is 2.06 bits per heavy atom. The zero-order valence-corrected chi connectivity index (χ0v) is 18.9.